The van der Waals surface area contributed by atoms with E-state index in [0.29, 0.717) is 79.6 Å². The Morgan fingerprint density at radius 2 is 1.73 bits per heavy atom. The van der Waals surface area contributed by atoms with E-state index < -0.39 is 86.4 Å². The molecule has 0 spiro atoms. The number of benzene rings is 1. The number of aromatic nitrogens is 2. The summed E-state index contributed by atoms with van der Waals surface area (Å²) in [5, 5.41) is 5.70. The van der Waals surface area contributed by atoms with Gasteiger partial charge >= 0.3 is 12.3 Å². The number of alkyl carbamates (subject to hydrolysis) is 1. The van der Waals surface area contributed by atoms with Gasteiger partial charge in [0.25, 0.3) is 5.91 Å². The van der Waals surface area contributed by atoms with Crippen LogP contribution in [0.4, 0.5) is 18.0 Å². The Bertz CT molecular complexity index is 2480. The number of nitrogens with zero attached hydrogens (tertiary/aromatic N) is 3. The predicted molar refractivity (Wildman–Crippen MR) is 236 cm³/mol. The quantitative estimate of drug-likeness (QED) is 0.180. The van der Waals surface area contributed by atoms with Gasteiger partial charge in [-0.25, -0.2) is 18.2 Å². The molecule has 4 heterocycles. The number of hydrogen-bond donors (Lipinski definition) is 3. The van der Waals surface area contributed by atoms with Crippen molar-refractivity contribution in [3.8, 4) is 28.8 Å². The number of alkyl halides is 3. The second-order valence-corrected chi connectivity index (χ2v) is 20.7. The molecule has 3 fully saturated rings. The van der Waals surface area contributed by atoms with E-state index in [4.69, 9.17) is 23.9 Å². The molecule has 2 aliphatic heterocycles. The van der Waals surface area contributed by atoms with Crippen LogP contribution in [0.15, 0.2) is 54.7 Å². The minimum atomic E-state index is -4.93. The third kappa shape index (κ3) is 10.6. The number of allylic oxidation sites excluding steroid dienone is 1. The molecule has 20 heteroatoms. The van der Waals surface area contributed by atoms with Crippen LogP contribution in [0.2, 0.25) is 0 Å². The number of carbonyl (C=O) groups is 4. The summed E-state index contributed by atoms with van der Waals surface area (Å²) in [6.07, 6.45) is -0.0558. The van der Waals surface area contributed by atoms with Crippen molar-refractivity contribution in [1.29, 1.82) is 0 Å². The number of carbonyl (C=O) groups excluding carboxylic acids is 4. The molecule has 0 radical (unpaired) electrons. The molecular weight excluding hydrogens is 886 g/mol. The molecule has 4 amide bonds. The smallest absolute Gasteiger partial charge is 0.427 e. The van der Waals surface area contributed by atoms with Gasteiger partial charge in [-0.15, -0.1) is 0 Å². The molecule has 3 aromatic rings. The predicted octanol–water partition coefficient (Wildman–Crippen LogP) is 6.37. The van der Waals surface area contributed by atoms with Crippen LogP contribution >= 0.6 is 0 Å². The Hall–Kier alpha value is -5.66. The van der Waals surface area contributed by atoms with Crippen LogP contribution < -0.4 is 29.6 Å². The lowest BCUT2D eigenvalue weighted by Gasteiger charge is -2.34. The maximum Gasteiger partial charge on any atom is 0.427 e. The molecule has 0 bridgehead atoms. The van der Waals surface area contributed by atoms with Crippen molar-refractivity contribution < 1.29 is 59.7 Å². The van der Waals surface area contributed by atoms with Gasteiger partial charge in [0.05, 0.1) is 42.6 Å². The lowest BCUT2D eigenvalue weighted by Crippen LogP contribution is -2.59. The Morgan fingerprint density at radius 1 is 1.00 bits per heavy atom. The van der Waals surface area contributed by atoms with E-state index in [1.165, 1.54) is 12.0 Å². The fourth-order valence-electron chi connectivity index (χ4n) is 8.53. The molecule has 7 rings (SSSR count). The van der Waals surface area contributed by atoms with E-state index in [2.05, 4.69) is 20.3 Å². The molecule has 358 valence electrons. The standard InChI is InChI=1S/C46H57F3N6O10S/c1-25(2)63-31-13-17-35(50-23-31)36-20-28-19-30(62-7)12-16-34(28)40(51-36)64-32-21-37-39(56)53-45(42(58)54-66(60,61)33-14-15-33)22-29(45)11-9-8-10-26(3)18-27(4)38(41(57)55(37)24-32)52-43(59)65-44(5,6)46(47,48)49/h9,11-13,16-17,19-20,23,25-27,29,32-33,37-38H,8,10,14-15,18,21-22,24H2,1-7H3,(H,52,59)(H,53,56)(H,54,58)/b11-9-/t26-,27-,29?,32-,37+,38+,45-/m1/s1. The average Bonchev–Trinajstić information content (AvgIpc) is 4.17. The Kier molecular flexibility index (Phi) is 13.6. The van der Waals surface area contributed by atoms with E-state index >= 15 is 0 Å². The fraction of sp³-hybridized carbons (Fsp3) is 0.565. The van der Waals surface area contributed by atoms with Crippen molar-refractivity contribution in [1.82, 2.24) is 30.2 Å². The van der Waals surface area contributed by atoms with Gasteiger partial charge in [-0.05, 0) is 120 Å². The maximum absolute atomic E-state index is 15.0. The molecule has 16 nitrogen and oxygen atoms in total. The number of sulfonamides is 1. The van der Waals surface area contributed by atoms with E-state index in [1.54, 1.807) is 55.6 Å². The SMILES string of the molecule is COc1ccc2c(O[C@@H]3C[C@H]4C(=O)N[C@]5(C(=O)NS(=O)(=O)C6CC6)CC5/C=C\CC[C@@H](C)C[C@@H](C)[C@H](NC(=O)OC(C)(C)C(F)(F)F)C(=O)N4C3)nc(-c3ccc(OC(C)C)cn3)cc2c1. The van der Waals surface area contributed by atoms with Crippen molar-refractivity contribution >= 4 is 44.6 Å². The first-order valence-corrected chi connectivity index (χ1v) is 23.7. The number of nitrogens with one attached hydrogen (secondary N) is 3. The van der Waals surface area contributed by atoms with Crippen molar-refractivity contribution in [3.63, 3.8) is 0 Å². The van der Waals surface area contributed by atoms with Crippen molar-refractivity contribution in [2.75, 3.05) is 13.7 Å². The highest BCUT2D eigenvalue weighted by atomic mass is 32.2. The zero-order chi connectivity index (χ0) is 47.9. The maximum atomic E-state index is 15.0. The molecule has 2 aliphatic carbocycles. The highest BCUT2D eigenvalue weighted by molar-refractivity contribution is 7.91. The van der Waals surface area contributed by atoms with Crippen LogP contribution in [0.25, 0.3) is 22.2 Å². The summed E-state index contributed by atoms with van der Waals surface area (Å²) in [4.78, 5) is 67.5. The number of rotatable bonds is 11. The highest BCUT2D eigenvalue weighted by Crippen LogP contribution is 2.46. The van der Waals surface area contributed by atoms with Crippen LogP contribution in [0.3, 0.4) is 0 Å². The van der Waals surface area contributed by atoms with Crippen LogP contribution in [0.1, 0.15) is 86.5 Å². The van der Waals surface area contributed by atoms with Gasteiger partial charge in [-0.3, -0.25) is 24.1 Å². The zero-order valence-electron chi connectivity index (χ0n) is 37.9. The lowest BCUT2D eigenvalue weighted by molar-refractivity contribution is -0.244. The number of hydrogen-bond acceptors (Lipinski definition) is 12. The summed E-state index contributed by atoms with van der Waals surface area (Å²) in [5.41, 5.74) is -3.68. The normalized spacial score (nSPS) is 26.8. The first-order valence-electron chi connectivity index (χ1n) is 22.2. The Labute approximate surface area is 381 Å². The van der Waals surface area contributed by atoms with Gasteiger partial charge in [-0.1, -0.05) is 26.0 Å². The molecule has 66 heavy (non-hydrogen) atoms. The van der Waals surface area contributed by atoms with Crippen LogP contribution in [0, 0.1) is 17.8 Å². The second kappa shape index (κ2) is 18.6. The zero-order valence-corrected chi connectivity index (χ0v) is 38.8. The van der Waals surface area contributed by atoms with Gasteiger partial charge in [0.1, 0.15) is 35.2 Å². The highest BCUT2D eigenvalue weighted by Gasteiger charge is 2.62. The number of amides is 4. The minimum Gasteiger partial charge on any atom is -0.497 e. The first kappa shape index (κ1) is 48.3. The monoisotopic (exact) mass is 942 g/mol. The van der Waals surface area contributed by atoms with Crippen LogP contribution in [0.5, 0.6) is 17.4 Å². The molecule has 3 N–H and O–H groups in total. The third-order valence-corrected chi connectivity index (χ3v) is 14.4. The number of methoxy groups -OCH3 is 1. The molecule has 1 aromatic carbocycles. The van der Waals surface area contributed by atoms with Gasteiger partial charge < -0.3 is 34.5 Å². The fourth-order valence-corrected chi connectivity index (χ4v) is 9.89. The largest absolute Gasteiger partial charge is 0.497 e. The van der Waals surface area contributed by atoms with Crippen LogP contribution in [-0.4, -0.2) is 108 Å². The lowest BCUT2D eigenvalue weighted by atomic mass is 9.88. The van der Waals surface area contributed by atoms with Gasteiger partial charge in [0.15, 0.2) is 0 Å². The molecule has 1 unspecified atom stereocenters. The summed E-state index contributed by atoms with van der Waals surface area (Å²) in [6, 6.07) is 7.70. The van der Waals surface area contributed by atoms with Crippen molar-refractivity contribution in [3.05, 3.63) is 54.7 Å². The number of fused-ring (bicyclic) bond motifs is 3. The third-order valence-electron chi connectivity index (χ3n) is 12.6. The summed E-state index contributed by atoms with van der Waals surface area (Å²) in [7, 11) is -2.49. The molecule has 7 atom stereocenters. The Balaban J connectivity index is 1.26. The molecule has 2 saturated carbocycles. The summed E-state index contributed by atoms with van der Waals surface area (Å²) >= 11 is 0. The summed E-state index contributed by atoms with van der Waals surface area (Å²) in [6.45, 7) is 8.52. The summed E-state index contributed by atoms with van der Waals surface area (Å²) in [5.74, 6) is -2.59. The van der Waals surface area contributed by atoms with Crippen molar-refractivity contribution in [2.24, 2.45) is 17.8 Å². The molecule has 4 aliphatic rings. The number of pyridine rings is 2. The first-order chi connectivity index (χ1) is 31.0. The van der Waals surface area contributed by atoms with E-state index in [0.717, 1.165) is 0 Å². The topological polar surface area (TPSA) is 204 Å². The number of halogens is 3. The molecule has 2 aromatic heterocycles. The number of ether oxygens (including phenoxy) is 4. The van der Waals surface area contributed by atoms with E-state index in [9.17, 15) is 40.8 Å². The van der Waals surface area contributed by atoms with Crippen molar-refractivity contribution in [2.45, 2.75) is 133 Å². The molecular formula is C46H57F3N6O10S. The van der Waals surface area contributed by atoms with Gasteiger partial charge in [0, 0.05) is 17.7 Å². The van der Waals surface area contributed by atoms with E-state index in [-0.39, 0.29) is 37.3 Å². The minimum absolute atomic E-state index is 0.0608. The van der Waals surface area contributed by atoms with Gasteiger partial charge in [0.2, 0.25) is 33.3 Å². The van der Waals surface area contributed by atoms with Crippen LogP contribution in [-0.2, 0) is 29.1 Å². The average molecular weight is 943 g/mol. The molecule has 1 saturated heterocycles. The van der Waals surface area contributed by atoms with E-state index in [1.807, 2.05) is 26.8 Å². The second-order valence-electron chi connectivity index (χ2n) is 18.7. The van der Waals surface area contributed by atoms with Gasteiger partial charge in [-0.2, -0.15) is 13.2 Å². The Morgan fingerprint density at radius 3 is 2.38 bits per heavy atom. The summed E-state index contributed by atoms with van der Waals surface area (Å²) < 4.78 is 92.5.